The molecule has 0 spiro atoms. The molecule has 0 N–H and O–H groups in total. The van der Waals surface area contributed by atoms with E-state index in [-0.39, 0.29) is 11.2 Å². The lowest BCUT2D eigenvalue weighted by Gasteiger charge is -2.63. The average Bonchev–Trinajstić information content (AvgIpc) is 2.42. The van der Waals surface area contributed by atoms with Gasteiger partial charge in [0.05, 0.1) is 11.2 Å². The van der Waals surface area contributed by atoms with Crippen LogP contribution >= 0.6 is 0 Å². The van der Waals surface area contributed by atoms with Gasteiger partial charge in [-0.25, -0.2) is 0 Å². The van der Waals surface area contributed by atoms with Crippen LogP contribution in [0.25, 0.3) is 0 Å². The van der Waals surface area contributed by atoms with E-state index in [0.29, 0.717) is 23.2 Å². The summed E-state index contributed by atoms with van der Waals surface area (Å²) >= 11 is 0. The van der Waals surface area contributed by atoms with Gasteiger partial charge in [0.2, 0.25) is 0 Å². The summed E-state index contributed by atoms with van der Waals surface area (Å²) in [6.07, 6.45) is 9.47. The van der Waals surface area contributed by atoms with Crippen LogP contribution in [-0.4, -0.2) is 11.2 Å². The van der Waals surface area contributed by atoms with Crippen LogP contribution in [0.4, 0.5) is 0 Å². The van der Waals surface area contributed by atoms with E-state index in [1.807, 2.05) is 6.08 Å². The summed E-state index contributed by atoms with van der Waals surface area (Å²) in [5, 5.41) is 0. The molecule has 1 unspecified atom stereocenters. The lowest BCUT2D eigenvalue weighted by atomic mass is 9.47. The van der Waals surface area contributed by atoms with Crippen molar-refractivity contribution in [3.05, 3.63) is 24.8 Å². The molecular formula is C20H32O. The maximum Gasteiger partial charge on any atom is 0.0839 e. The minimum absolute atomic E-state index is 0.0211. The first-order chi connectivity index (χ1) is 9.74. The Bertz CT molecular complexity index is 466. The van der Waals surface area contributed by atoms with E-state index in [0.717, 1.165) is 6.42 Å². The number of allylic oxidation sites excluding steroid dienone is 1. The van der Waals surface area contributed by atoms with Crippen molar-refractivity contribution in [2.45, 2.75) is 77.4 Å². The SMILES string of the molecule is C=C[C@]1(C)CC[C@H]2[C@@](C)(CCC3C(=C)[C@H](C)CC[C@@]32C)O1. The van der Waals surface area contributed by atoms with Crippen LogP contribution in [0.3, 0.4) is 0 Å². The maximum atomic E-state index is 6.64. The summed E-state index contributed by atoms with van der Waals surface area (Å²) in [4.78, 5) is 0. The monoisotopic (exact) mass is 288 g/mol. The fourth-order valence-electron chi connectivity index (χ4n) is 5.80. The summed E-state index contributed by atoms with van der Waals surface area (Å²) < 4.78 is 6.64. The third-order valence-corrected chi connectivity index (χ3v) is 7.28. The molecule has 0 bridgehead atoms. The summed E-state index contributed by atoms with van der Waals surface area (Å²) in [6, 6.07) is 0. The summed E-state index contributed by atoms with van der Waals surface area (Å²) in [5.74, 6) is 2.08. The molecule has 3 aliphatic rings. The molecule has 3 fully saturated rings. The third kappa shape index (κ3) is 2.15. The maximum absolute atomic E-state index is 6.64. The van der Waals surface area contributed by atoms with E-state index in [4.69, 9.17) is 4.74 Å². The highest BCUT2D eigenvalue weighted by molar-refractivity contribution is 5.20. The van der Waals surface area contributed by atoms with E-state index in [1.165, 1.54) is 37.7 Å². The van der Waals surface area contributed by atoms with Gasteiger partial charge in [-0.1, -0.05) is 32.1 Å². The highest BCUT2D eigenvalue weighted by Gasteiger charge is 2.59. The van der Waals surface area contributed by atoms with Gasteiger partial charge in [-0.15, -0.1) is 6.58 Å². The van der Waals surface area contributed by atoms with Gasteiger partial charge in [0.25, 0.3) is 0 Å². The standard InChI is InChI=1S/C20H32O/c1-7-18(4)11-10-17-19(5)12-8-14(2)15(3)16(19)9-13-20(17,6)21-18/h7,14,16-17H,1,3,8-13H2,2,4-6H3/t14-,16?,17-,18-,19+,20-/m1/s1. The molecular weight excluding hydrogens is 256 g/mol. The van der Waals surface area contributed by atoms with E-state index in [1.54, 1.807) is 0 Å². The predicted octanol–water partition coefficient (Wildman–Crippen LogP) is 5.52. The first kappa shape index (κ1) is 15.3. The van der Waals surface area contributed by atoms with Crippen molar-refractivity contribution in [3.8, 4) is 0 Å². The molecule has 1 saturated heterocycles. The molecule has 2 saturated carbocycles. The Balaban J connectivity index is 1.93. The number of ether oxygens (including phenoxy) is 1. The topological polar surface area (TPSA) is 9.23 Å². The van der Waals surface area contributed by atoms with Gasteiger partial charge >= 0.3 is 0 Å². The molecule has 1 nitrogen and oxygen atoms in total. The Labute approximate surface area is 130 Å². The molecule has 0 radical (unpaired) electrons. The van der Waals surface area contributed by atoms with Gasteiger partial charge in [-0.05, 0) is 75.5 Å². The molecule has 0 aromatic heterocycles. The van der Waals surface area contributed by atoms with E-state index < -0.39 is 0 Å². The van der Waals surface area contributed by atoms with Gasteiger partial charge in [0.15, 0.2) is 0 Å². The largest absolute Gasteiger partial charge is 0.365 e. The van der Waals surface area contributed by atoms with Crippen LogP contribution in [0, 0.1) is 23.2 Å². The van der Waals surface area contributed by atoms with E-state index in [2.05, 4.69) is 40.9 Å². The van der Waals surface area contributed by atoms with Crippen molar-refractivity contribution >= 4 is 0 Å². The zero-order valence-electron chi connectivity index (χ0n) is 14.4. The number of hydrogen-bond acceptors (Lipinski definition) is 1. The Morgan fingerprint density at radius 1 is 1.10 bits per heavy atom. The van der Waals surface area contributed by atoms with E-state index >= 15 is 0 Å². The molecule has 3 rings (SSSR count). The van der Waals surface area contributed by atoms with Crippen molar-refractivity contribution in [3.63, 3.8) is 0 Å². The van der Waals surface area contributed by atoms with Crippen LogP contribution in [0.15, 0.2) is 24.8 Å². The number of hydrogen-bond donors (Lipinski definition) is 0. The van der Waals surface area contributed by atoms with Crippen LogP contribution in [0.2, 0.25) is 0 Å². The Morgan fingerprint density at radius 3 is 2.48 bits per heavy atom. The van der Waals surface area contributed by atoms with Crippen LogP contribution in [0.1, 0.15) is 66.2 Å². The first-order valence-electron chi connectivity index (χ1n) is 8.76. The second kappa shape index (κ2) is 4.72. The first-order valence-corrected chi connectivity index (χ1v) is 8.76. The highest BCUT2D eigenvalue weighted by Crippen LogP contribution is 2.63. The normalized spacial score (nSPS) is 53.7. The molecule has 0 aromatic carbocycles. The number of rotatable bonds is 1. The fraction of sp³-hybridized carbons (Fsp3) is 0.800. The fourth-order valence-corrected chi connectivity index (χ4v) is 5.80. The smallest absolute Gasteiger partial charge is 0.0839 e. The second-order valence-electron chi connectivity index (χ2n) is 8.63. The molecule has 6 atom stereocenters. The molecule has 1 heteroatoms. The minimum Gasteiger partial charge on any atom is -0.365 e. The lowest BCUT2D eigenvalue weighted by Crippen LogP contribution is -2.60. The van der Waals surface area contributed by atoms with Gasteiger partial charge in [-0.2, -0.15) is 0 Å². The second-order valence-corrected chi connectivity index (χ2v) is 8.63. The predicted molar refractivity (Wildman–Crippen MR) is 89.2 cm³/mol. The van der Waals surface area contributed by atoms with Crippen molar-refractivity contribution in [1.29, 1.82) is 0 Å². The molecule has 2 aliphatic carbocycles. The Hall–Kier alpha value is -0.560. The third-order valence-electron chi connectivity index (χ3n) is 7.28. The molecule has 1 aliphatic heterocycles. The zero-order valence-corrected chi connectivity index (χ0v) is 14.4. The average molecular weight is 288 g/mol. The Morgan fingerprint density at radius 2 is 1.81 bits per heavy atom. The van der Waals surface area contributed by atoms with Crippen molar-refractivity contribution in [2.75, 3.05) is 0 Å². The summed E-state index contributed by atoms with van der Waals surface area (Å²) in [6.45, 7) is 17.9. The zero-order chi connectivity index (χ0) is 15.5. The molecule has 118 valence electrons. The summed E-state index contributed by atoms with van der Waals surface area (Å²) in [7, 11) is 0. The minimum atomic E-state index is -0.132. The van der Waals surface area contributed by atoms with Gasteiger partial charge in [0, 0.05) is 0 Å². The van der Waals surface area contributed by atoms with Crippen molar-refractivity contribution < 1.29 is 4.74 Å². The van der Waals surface area contributed by atoms with E-state index in [9.17, 15) is 0 Å². The van der Waals surface area contributed by atoms with Gasteiger partial charge in [0.1, 0.15) is 0 Å². The van der Waals surface area contributed by atoms with Crippen LogP contribution in [0.5, 0.6) is 0 Å². The molecule has 1 heterocycles. The summed E-state index contributed by atoms with van der Waals surface area (Å²) in [5.41, 5.74) is 1.79. The quantitative estimate of drug-likeness (QED) is 0.577. The number of fused-ring (bicyclic) bond motifs is 3. The van der Waals surface area contributed by atoms with Crippen LogP contribution in [-0.2, 0) is 4.74 Å². The molecule has 0 amide bonds. The molecule has 21 heavy (non-hydrogen) atoms. The molecule has 0 aromatic rings. The lowest BCUT2D eigenvalue weighted by molar-refractivity contribution is -0.237. The van der Waals surface area contributed by atoms with Crippen LogP contribution < -0.4 is 0 Å². The Kier molecular flexibility index (Phi) is 3.44. The van der Waals surface area contributed by atoms with Crippen molar-refractivity contribution in [2.24, 2.45) is 23.2 Å². The highest BCUT2D eigenvalue weighted by atomic mass is 16.5. The van der Waals surface area contributed by atoms with Gasteiger partial charge in [-0.3, -0.25) is 0 Å². The van der Waals surface area contributed by atoms with Gasteiger partial charge < -0.3 is 4.74 Å². The van der Waals surface area contributed by atoms with Crippen molar-refractivity contribution in [1.82, 2.24) is 0 Å².